The number of sulfonamides is 1. The summed E-state index contributed by atoms with van der Waals surface area (Å²) in [6.07, 6.45) is 5.34. The molecule has 0 atom stereocenters. The summed E-state index contributed by atoms with van der Waals surface area (Å²) < 4.78 is 26.0. The summed E-state index contributed by atoms with van der Waals surface area (Å²) in [4.78, 5) is 19.7. The van der Waals surface area contributed by atoms with Crippen molar-refractivity contribution in [1.29, 1.82) is 0 Å². The van der Waals surface area contributed by atoms with Gasteiger partial charge in [-0.05, 0) is 36.6 Å². The molecule has 8 heteroatoms. The highest BCUT2D eigenvalue weighted by molar-refractivity contribution is 7.89. The first kappa shape index (κ1) is 17.7. The summed E-state index contributed by atoms with van der Waals surface area (Å²) in [7, 11) is -0.500. The van der Waals surface area contributed by atoms with Gasteiger partial charge in [0, 0.05) is 37.2 Å². The Morgan fingerprint density at radius 1 is 1.26 bits per heavy atom. The second-order valence-corrected chi connectivity index (χ2v) is 9.05. The van der Waals surface area contributed by atoms with E-state index in [1.165, 1.54) is 18.4 Å². The van der Waals surface area contributed by atoms with E-state index >= 15 is 0 Å². The van der Waals surface area contributed by atoms with Gasteiger partial charge in [-0.25, -0.2) is 17.7 Å². The molecule has 4 rings (SSSR count). The number of carbonyl (C=O) groups is 1. The molecule has 27 heavy (non-hydrogen) atoms. The smallest absolute Gasteiger partial charge is 0.242 e. The monoisotopic (exact) mass is 384 g/mol. The highest BCUT2D eigenvalue weighted by Crippen LogP contribution is 2.33. The molecule has 0 aliphatic heterocycles. The van der Waals surface area contributed by atoms with Crippen LogP contribution >= 0.6 is 0 Å². The Bertz CT molecular complexity index is 1130. The Hall–Kier alpha value is -2.71. The molecule has 0 radical (unpaired) electrons. The minimum atomic E-state index is -3.52. The van der Waals surface area contributed by atoms with Crippen molar-refractivity contribution in [2.24, 2.45) is 5.92 Å². The standard InChI is InChI=1S/C19H20N4O3S/c1-23(2)27(25,26)14-5-3-4-13(8-14)16-10-20-17-11-21-18(9-15(16)17)22-19(24)12-6-7-12/h3-5,8-12,20H,6-7H2,1-2H3,(H,21,22,24). The van der Waals surface area contributed by atoms with Crippen molar-refractivity contribution in [3.05, 3.63) is 42.7 Å². The van der Waals surface area contributed by atoms with Gasteiger partial charge in [-0.2, -0.15) is 0 Å². The van der Waals surface area contributed by atoms with Crippen LogP contribution < -0.4 is 5.32 Å². The number of aromatic nitrogens is 2. The Labute approximate surface area is 157 Å². The fourth-order valence-electron chi connectivity index (χ4n) is 2.94. The number of pyridine rings is 1. The van der Waals surface area contributed by atoms with E-state index < -0.39 is 10.0 Å². The number of carbonyl (C=O) groups excluding carboxylic acids is 1. The average molecular weight is 384 g/mol. The second-order valence-electron chi connectivity index (χ2n) is 6.90. The molecule has 140 valence electrons. The van der Waals surface area contributed by atoms with Crippen LogP contribution in [0.4, 0.5) is 5.82 Å². The van der Waals surface area contributed by atoms with Crippen molar-refractivity contribution in [2.45, 2.75) is 17.7 Å². The molecular formula is C19H20N4O3S. The number of hydrogen-bond donors (Lipinski definition) is 2. The van der Waals surface area contributed by atoms with Crippen LogP contribution in [-0.4, -0.2) is 42.7 Å². The number of fused-ring (bicyclic) bond motifs is 1. The second kappa shape index (κ2) is 6.47. The molecule has 1 amide bonds. The Morgan fingerprint density at radius 2 is 2.04 bits per heavy atom. The maximum absolute atomic E-state index is 12.4. The zero-order valence-electron chi connectivity index (χ0n) is 15.1. The van der Waals surface area contributed by atoms with Crippen molar-refractivity contribution < 1.29 is 13.2 Å². The quantitative estimate of drug-likeness (QED) is 0.707. The third kappa shape index (κ3) is 3.33. The molecule has 1 aliphatic rings. The van der Waals surface area contributed by atoms with Crippen LogP contribution in [0.3, 0.4) is 0 Å². The number of nitrogens with one attached hydrogen (secondary N) is 2. The van der Waals surface area contributed by atoms with Gasteiger partial charge in [0.25, 0.3) is 0 Å². The largest absolute Gasteiger partial charge is 0.359 e. The number of hydrogen-bond acceptors (Lipinski definition) is 4. The Balaban J connectivity index is 1.74. The van der Waals surface area contributed by atoms with E-state index in [1.807, 2.05) is 18.3 Å². The summed E-state index contributed by atoms with van der Waals surface area (Å²) in [5.74, 6) is 0.594. The minimum Gasteiger partial charge on any atom is -0.359 e. The fraction of sp³-hybridized carbons (Fsp3) is 0.263. The Morgan fingerprint density at radius 3 is 2.74 bits per heavy atom. The van der Waals surface area contributed by atoms with Crippen LogP contribution in [0.15, 0.2) is 47.6 Å². The normalized spacial score (nSPS) is 14.6. The van der Waals surface area contributed by atoms with E-state index in [9.17, 15) is 13.2 Å². The van der Waals surface area contributed by atoms with E-state index in [1.54, 1.807) is 24.4 Å². The maximum Gasteiger partial charge on any atom is 0.242 e. The zero-order chi connectivity index (χ0) is 19.2. The summed E-state index contributed by atoms with van der Waals surface area (Å²) in [5.41, 5.74) is 2.44. The molecule has 1 aliphatic carbocycles. The van der Waals surface area contributed by atoms with E-state index in [2.05, 4.69) is 15.3 Å². The van der Waals surface area contributed by atoms with Gasteiger partial charge in [-0.1, -0.05) is 12.1 Å². The van der Waals surface area contributed by atoms with Gasteiger partial charge in [0.2, 0.25) is 15.9 Å². The molecule has 2 aromatic heterocycles. The van der Waals surface area contributed by atoms with Gasteiger partial charge in [0.15, 0.2) is 0 Å². The van der Waals surface area contributed by atoms with Crippen molar-refractivity contribution >= 4 is 32.7 Å². The van der Waals surface area contributed by atoms with Gasteiger partial charge in [0.05, 0.1) is 16.6 Å². The molecular weight excluding hydrogens is 364 g/mol. The van der Waals surface area contributed by atoms with Crippen LogP contribution in [0.2, 0.25) is 0 Å². The molecule has 1 fully saturated rings. The highest BCUT2D eigenvalue weighted by Gasteiger charge is 2.29. The lowest BCUT2D eigenvalue weighted by Crippen LogP contribution is -2.22. The fourth-order valence-corrected chi connectivity index (χ4v) is 3.88. The lowest BCUT2D eigenvalue weighted by Gasteiger charge is -2.12. The van der Waals surface area contributed by atoms with E-state index in [4.69, 9.17) is 0 Å². The lowest BCUT2D eigenvalue weighted by atomic mass is 10.1. The molecule has 0 saturated heterocycles. The topological polar surface area (TPSA) is 95.2 Å². The van der Waals surface area contributed by atoms with Crippen molar-refractivity contribution in [3.8, 4) is 11.1 Å². The summed E-state index contributed by atoms with van der Waals surface area (Å²) in [6.45, 7) is 0. The SMILES string of the molecule is CN(C)S(=O)(=O)c1cccc(-c2c[nH]c3cnc(NC(=O)C4CC4)cc23)c1. The van der Waals surface area contributed by atoms with Crippen molar-refractivity contribution in [3.63, 3.8) is 0 Å². The van der Waals surface area contributed by atoms with Crippen molar-refractivity contribution in [2.75, 3.05) is 19.4 Å². The maximum atomic E-state index is 12.4. The highest BCUT2D eigenvalue weighted by atomic mass is 32.2. The van der Waals surface area contributed by atoms with E-state index in [0.29, 0.717) is 5.82 Å². The first-order valence-electron chi connectivity index (χ1n) is 8.67. The number of H-pyrrole nitrogens is 1. The number of nitrogens with zero attached hydrogens (tertiary/aromatic N) is 2. The first-order chi connectivity index (χ1) is 12.9. The predicted octanol–water partition coefficient (Wildman–Crippen LogP) is 2.83. The molecule has 2 heterocycles. The summed E-state index contributed by atoms with van der Waals surface area (Å²) in [5, 5.41) is 3.72. The number of amides is 1. The van der Waals surface area contributed by atoms with Crippen molar-refractivity contribution in [1.82, 2.24) is 14.3 Å². The predicted molar refractivity (Wildman–Crippen MR) is 104 cm³/mol. The average Bonchev–Trinajstić information content (AvgIpc) is 3.42. The minimum absolute atomic E-state index is 0.00184. The number of benzene rings is 1. The van der Waals surface area contributed by atoms with Crippen LogP contribution in [0.1, 0.15) is 12.8 Å². The van der Waals surface area contributed by atoms with Gasteiger partial charge in [-0.3, -0.25) is 4.79 Å². The molecule has 0 bridgehead atoms. The molecule has 0 unspecified atom stereocenters. The van der Waals surface area contributed by atoms with E-state index in [-0.39, 0.29) is 16.7 Å². The summed E-state index contributed by atoms with van der Waals surface area (Å²) in [6, 6.07) is 8.63. The lowest BCUT2D eigenvalue weighted by molar-refractivity contribution is -0.117. The van der Waals surface area contributed by atoms with E-state index in [0.717, 1.165) is 34.9 Å². The zero-order valence-corrected chi connectivity index (χ0v) is 15.9. The summed E-state index contributed by atoms with van der Waals surface area (Å²) >= 11 is 0. The molecule has 0 spiro atoms. The third-order valence-electron chi connectivity index (χ3n) is 4.69. The molecule has 3 aromatic rings. The van der Waals surface area contributed by atoms with Gasteiger partial charge < -0.3 is 10.3 Å². The van der Waals surface area contributed by atoms with Gasteiger partial charge >= 0.3 is 0 Å². The molecule has 2 N–H and O–H groups in total. The first-order valence-corrected chi connectivity index (χ1v) is 10.1. The molecule has 1 aromatic carbocycles. The molecule has 7 nitrogen and oxygen atoms in total. The molecule has 1 saturated carbocycles. The van der Waals surface area contributed by atoms with Crippen LogP contribution in [-0.2, 0) is 14.8 Å². The van der Waals surface area contributed by atoms with Crippen LogP contribution in [0.25, 0.3) is 22.0 Å². The number of rotatable bonds is 5. The number of anilines is 1. The number of aromatic amines is 1. The van der Waals surface area contributed by atoms with Gasteiger partial charge in [-0.15, -0.1) is 0 Å². The third-order valence-corrected chi connectivity index (χ3v) is 6.50. The van der Waals surface area contributed by atoms with Crippen LogP contribution in [0, 0.1) is 5.92 Å². The van der Waals surface area contributed by atoms with Gasteiger partial charge in [0.1, 0.15) is 5.82 Å². The van der Waals surface area contributed by atoms with Crippen LogP contribution in [0.5, 0.6) is 0 Å². The Kier molecular flexibility index (Phi) is 4.24.